The lowest BCUT2D eigenvalue weighted by Crippen LogP contribution is -1.90. The van der Waals surface area contributed by atoms with E-state index in [-0.39, 0.29) is 11.5 Å². The highest BCUT2D eigenvalue weighted by Gasteiger charge is 2.15. The van der Waals surface area contributed by atoms with Crippen molar-refractivity contribution in [2.24, 2.45) is 0 Å². The van der Waals surface area contributed by atoms with Crippen molar-refractivity contribution >= 4 is 50.5 Å². The zero-order chi connectivity index (χ0) is 26.4. The number of rotatable bonds is 5. The highest BCUT2D eigenvalue weighted by atomic mass is 16.3. The van der Waals surface area contributed by atoms with Gasteiger partial charge in [-0.25, -0.2) is 0 Å². The van der Waals surface area contributed by atoms with Gasteiger partial charge < -0.3 is 10.2 Å². The number of phenolic OH excluding ortho intramolecular Hbond substituents is 2. The summed E-state index contributed by atoms with van der Waals surface area (Å²) in [5, 5.41) is 27.4. The zero-order valence-electron chi connectivity index (χ0n) is 20.9. The van der Waals surface area contributed by atoms with Crippen LogP contribution in [0.5, 0.6) is 11.5 Å². The van der Waals surface area contributed by atoms with Gasteiger partial charge in [-0.2, -0.15) is 0 Å². The summed E-state index contributed by atoms with van der Waals surface area (Å²) < 4.78 is 0. The Bertz CT molecular complexity index is 1940. The van der Waals surface area contributed by atoms with Gasteiger partial charge in [-0.15, -0.1) is 0 Å². The molecule has 182 valence electrons. The molecular weight excluding hydrogens is 464 g/mol. The van der Waals surface area contributed by atoms with E-state index >= 15 is 0 Å². The number of hydrogen-bond acceptors (Lipinski definition) is 2. The Balaban J connectivity index is 1.67. The number of benzene rings is 6. The van der Waals surface area contributed by atoms with Crippen molar-refractivity contribution in [3.05, 3.63) is 127 Å². The molecule has 0 aromatic heterocycles. The molecule has 0 aliphatic heterocycles. The molecule has 38 heavy (non-hydrogen) atoms. The van der Waals surface area contributed by atoms with Crippen molar-refractivity contribution in [1.82, 2.24) is 0 Å². The second kappa shape index (κ2) is 9.10. The lowest BCUT2D eigenvalue weighted by Gasteiger charge is -2.16. The third-order valence-corrected chi connectivity index (χ3v) is 7.29. The van der Waals surface area contributed by atoms with E-state index < -0.39 is 0 Å². The third-order valence-electron chi connectivity index (χ3n) is 7.29. The van der Waals surface area contributed by atoms with Crippen LogP contribution in [0.3, 0.4) is 0 Å². The van der Waals surface area contributed by atoms with E-state index in [1.54, 1.807) is 18.2 Å². The van der Waals surface area contributed by atoms with Crippen molar-refractivity contribution in [3.8, 4) is 33.8 Å². The van der Waals surface area contributed by atoms with E-state index in [9.17, 15) is 10.2 Å². The van der Waals surface area contributed by atoms with Crippen molar-refractivity contribution in [2.45, 2.75) is 0 Å². The molecule has 0 saturated carbocycles. The molecule has 0 bridgehead atoms. The molecule has 6 aromatic rings. The summed E-state index contributed by atoms with van der Waals surface area (Å²) in [5.74, 6) is 0.381. The molecule has 0 saturated heterocycles. The van der Waals surface area contributed by atoms with Crippen LogP contribution < -0.4 is 0 Å². The van der Waals surface area contributed by atoms with Crippen molar-refractivity contribution in [2.75, 3.05) is 0 Å². The molecule has 0 spiro atoms. The summed E-state index contributed by atoms with van der Waals surface area (Å²) >= 11 is 0. The molecule has 0 amide bonds. The van der Waals surface area contributed by atoms with E-state index in [2.05, 4.69) is 68.3 Å². The van der Waals surface area contributed by atoms with E-state index in [0.29, 0.717) is 0 Å². The highest BCUT2D eigenvalue weighted by Crippen LogP contribution is 2.42. The smallest absolute Gasteiger partial charge is 0.123 e. The van der Waals surface area contributed by atoms with Crippen LogP contribution in [-0.2, 0) is 0 Å². The minimum atomic E-state index is 0.173. The first kappa shape index (κ1) is 23.3. The quantitative estimate of drug-likeness (QED) is 0.252. The van der Waals surface area contributed by atoms with Gasteiger partial charge in [0.2, 0.25) is 0 Å². The first-order valence-electron chi connectivity index (χ1n) is 12.5. The number of phenols is 2. The summed E-state index contributed by atoms with van der Waals surface area (Å²) in [5.41, 5.74) is 6.80. The van der Waals surface area contributed by atoms with E-state index in [0.717, 1.165) is 71.3 Å². The average molecular weight is 491 g/mol. The molecule has 0 fully saturated rings. The molecule has 0 heterocycles. The molecule has 0 aliphatic rings. The molecule has 6 aromatic carbocycles. The second-order valence-corrected chi connectivity index (χ2v) is 9.49. The fraction of sp³-hybridized carbons (Fsp3) is 0. The van der Waals surface area contributed by atoms with Crippen molar-refractivity contribution < 1.29 is 10.2 Å². The predicted molar refractivity (Wildman–Crippen MR) is 163 cm³/mol. The highest BCUT2D eigenvalue weighted by molar-refractivity contribution is 6.09. The van der Waals surface area contributed by atoms with Crippen LogP contribution in [0.1, 0.15) is 16.7 Å². The normalized spacial score (nSPS) is 11.2. The Morgan fingerprint density at radius 1 is 0.500 bits per heavy atom. The standard InChI is InChI=1S/C36H26O2/c1-4-22-15-31(26-13-14-29-23(5-2)9-7-10-25(29)18-26)34-21-28(37)20-32(33(34)16-22)27-17-24(6-3)30-11-8-12-36(38)35(30)19-27/h4-21,37-38H,1-3H2. The Morgan fingerprint density at radius 3 is 2.05 bits per heavy atom. The fourth-order valence-corrected chi connectivity index (χ4v) is 5.44. The first-order valence-corrected chi connectivity index (χ1v) is 12.5. The molecule has 0 atom stereocenters. The zero-order valence-corrected chi connectivity index (χ0v) is 20.9. The summed E-state index contributed by atoms with van der Waals surface area (Å²) in [4.78, 5) is 0. The second-order valence-electron chi connectivity index (χ2n) is 9.49. The third kappa shape index (κ3) is 3.75. The minimum Gasteiger partial charge on any atom is -0.508 e. The molecular formula is C36H26O2. The minimum absolute atomic E-state index is 0.173. The number of aromatic hydroxyl groups is 2. The summed E-state index contributed by atoms with van der Waals surface area (Å²) in [6.07, 6.45) is 5.51. The summed E-state index contributed by atoms with van der Waals surface area (Å²) in [7, 11) is 0. The van der Waals surface area contributed by atoms with Crippen LogP contribution in [0.4, 0.5) is 0 Å². The van der Waals surface area contributed by atoms with E-state index in [4.69, 9.17) is 0 Å². The Hall–Kier alpha value is -5.08. The van der Waals surface area contributed by atoms with Gasteiger partial charge in [0.15, 0.2) is 0 Å². The van der Waals surface area contributed by atoms with Gasteiger partial charge in [0.05, 0.1) is 0 Å². The van der Waals surface area contributed by atoms with Crippen LogP contribution in [0.25, 0.3) is 72.8 Å². The largest absolute Gasteiger partial charge is 0.508 e. The van der Waals surface area contributed by atoms with E-state index in [1.807, 2.05) is 42.5 Å². The van der Waals surface area contributed by atoms with Crippen molar-refractivity contribution in [3.63, 3.8) is 0 Å². The fourth-order valence-electron chi connectivity index (χ4n) is 5.44. The Morgan fingerprint density at radius 2 is 1.26 bits per heavy atom. The molecule has 6 rings (SSSR count). The first-order chi connectivity index (χ1) is 18.5. The maximum absolute atomic E-state index is 10.9. The number of hydrogen-bond donors (Lipinski definition) is 2. The molecule has 0 aliphatic carbocycles. The Labute approximate surface area is 221 Å². The summed E-state index contributed by atoms with van der Waals surface area (Å²) in [6, 6.07) is 29.9. The number of fused-ring (bicyclic) bond motifs is 3. The maximum atomic E-state index is 10.9. The van der Waals surface area contributed by atoms with Gasteiger partial charge in [0.1, 0.15) is 11.5 Å². The average Bonchev–Trinajstić information content (AvgIpc) is 2.95. The van der Waals surface area contributed by atoms with Crippen molar-refractivity contribution in [1.29, 1.82) is 0 Å². The maximum Gasteiger partial charge on any atom is 0.123 e. The van der Waals surface area contributed by atoms with Crippen LogP contribution in [-0.4, -0.2) is 10.2 Å². The van der Waals surface area contributed by atoms with E-state index in [1.165, 1.54) is 0 Å². The van der Waals surface area contributed by atoms with Gasteiger partial charge in [0.25, 0.3) is 0 Å². The van der Waals surface area contributed by atoms with Gasteiger partial charge in [0, 0.05) is 5.39 Å². The lowest BCUT2D eigenvalue weighted by molar-refractivity contribution is 0.476. The molecule has 2 heteroatoms. The van der Waals surface area contributed by atoms with Gasteiger partial charge in [-0.3, -0.25) is 0 Å². The molecule has 0 radical (unpaired) electrons. The van der Waals surface area contributed by atoms with Gasteiger partial charge >= 0.3 is 0 Å². The Kier molecular flexibility index (Phi) is 5.58. The van der Waals surface area contributed by atoms with Crippen LogP contribution >= 0.6 is 0 Å². The topological polar surface area (TPSA) is 40.5 Å². The van der Waals surface area contributed by atoms with Crippen LogP contribution in [0.15, 0.2) is 111 Å². The predicted octanol–water partition coefficient (Wildman–Crippen LogP) is 9.82. The lowest BCUT2D eigenvalue weighted by atomic mass is 9.88. The van der Waals surface area contributed by atoms with Gasteiger partial charge in [-0.05, 0) is 114 Å². The molecule has 2 nitrogen and oxygen atoms in total. The molecule has 2 N–H and O–H groups in total. The monoisotopic (exact) mass is 490 g/mol. The van der Waals surface area contributed by atoms with Crippen LogP contribution in [0.2, 0.25) is 0 Å². The SMILES string of the molecule is C=Cc1cc(-c2ccc3c(C=C)cccc3c2)c2cc(O)cc(-c3cc(C=C)c4cccc(O)c4c3)c2c1. The molecule has 0 unspecified atom stereocenters. The van der Waals surface area contributed by atoms with Gasteiger partial charge in [-0.1, -0.05) is 80.4 Å². The summed E-state index contributed by atoms with van der Waals surface area (Å²) in [6.45, 7) is 12.0. The van der Waals surface area contributed by atoms with Crippen LogP contribution in [0, 0.1) is 0 Å².